The maximum Gasteiger partial charge on any atom is 0.340 e. The van der Waals surface area contributed by atoms with Gasteiger partial charge in [-0.15, -0.1) is 0 Å². The highest BCUT2D eigenvalue weighted by Gasteiger charge is 2.85. The number of likely N-dealkylation sites (tertiary alicyclic amines) is 1. The summed E-state index contributed by atoms with van der Waals surface area (Å²) in [5, 5.41) is 25.5. The van der Waals surface area contributed by atoms with E-state index in [0.717, 1.165) is 6.54 Å². The monoisotopic (exact) mass is 544 g/mol. The third kappa shape index (κ3) is 3.20. The SMILES string of the molecule is CCN1C[C@]2(OC(=O)c3ccccc3N)CC[C@H](OC)C34C1C(C[C@@H]32)[C@@]1(O)C[C@H](OC)C[C@H](OC)[C@@]1(O)[C@H]4C. The van der Waals surface area contributed by atoms with Crippen LogP contribution in [0.4, 0.5) is 5.69 Å². The zero-order valence-corrected chi connectivity index (χ0v) is 23.8. The molecule has 9 heteroatoms. The number of carbonyl (C=O) groups excluding carboxylic acids is 1. The van der Waals surface area contributed by atoms with Gasteiger partial charge in [0, 0.05) is 75.6 Å². The average molecular weight is 545 g/mol. The van der Waals surface area contributed by atoms with Crippen LogP contribution in [0.15, 0.2) is 24.3 Å². The molecule has 4 saturated carbocycles. The zero-order chi connectivity index (χ0) is 28.0. The van der Waals surface area contributed by atoms with Crippen molar-refractivity contribution in [3.8, 4) is 0 Å². The van der Waals surface area contributed by atoms with Crippen molar-refractivity contribution in [1.82, 2.24) is 4.90 Å². The molecule has 1 aliphatic heterocycles. The molecular weight excluding hydrogens is 500 g/mol. The molecular formula is C30H44N2O7. The van der Waals surface area contributed by atoms with Crippen LogP contribution in [0.2, 0.25) is 0 Å². The van der Waals surface area contributed by atoms with Gasteiger partial charge in [0.05, 0.1) is 23.9 Å². The Morgan fingerprint density at radius 3 is 2.46 bits per heavy atom. The number of piperidine rings is 1. The summed E-state index contributed by atoms with van der Waals surface area (Å²) in [7, 11) is 5.00. The Balaban J connectivity index is 1.53. The fourth-order valence-electron chi connectivity index (χ4n) is 10.5. The quantitative estimate of drug-likeness (QED) is 0.365. The van der Waals surface area contributed by atoms with Crippen molar-refractivity contribution in [3.05, 3.63) is 29.8 Å². The second-order valence-electron chi connectivity index (χ2n) is 12.7. The van der Waals surface area contributed by atoms with Gasteiger partial charge in [0.2, 0.25) is 0 Å². The first-order chi connectivity index (χ1) is 18.6. The number of fused-ring (bicyclic) bond motifs is 2. The normalized spacial score (nSPS) is 48.4. The molecule has 1 saturated heterocycles. The lowest BCUT2D eigenvalue weighted by Gasteiger charge is -2.72. The van der Waals surface area contributed by atoms with Gasteiger partial charge < -0.3 is 34.9 Å². The summed E-state index contributed by atoms with van der Waals surface area (Å²) in [5.74, 6) is -1.20. The number of para-hydroxylation sites is 1. The molecule has 5 bridgehead atoms. The second kappa shape index (κ2) is 9.13. The Labute approximate surface area is 230 Å². The van der Waals surface area contributed by atoms with E-state index in [-0.39, 0.29) is 30.1 Å². The minimum Gasteiger partial charge on any atom is -0.454 e. The second-order valence-corrected chi connectivity index (χ2v) is 12.7. The summed E-state index contributed by atoms with van der Waals surface area (Å²) < 4.78 is 24.6. The third-order valence-electron chi connectivity index (χ3n) is 11.9. The Bertz CT molecular complexity index is 1130. The molecule has 5 aliphatic rings. The predicted molar refractivity (Wildman–Crippen MR) is 144 cm³/mol. The summed E-state index contributed by atoms with van der Waals surface area (Å²) in [6.45, 7) is 5.48. The number of benzene rings is 1. The van der Waals surface area contributed by atoms with Gasteiger partial charge in [0.1, 0.15) is 16.8 Å². The molecule has 1 aromatic rings. The lowest BCUT2D eigenvalue weighted by Crippen LogP contribution is -2.84. The number of nitrogen functional groups attached to an aromatic ring is 1. The Hall–Kier alpha value is -1.75. The van der Waals surface area contributed by atoms with Gasteiger partial charge in [-0.25, -0.2) is 4.79 Å². The van der Waals surface area contributed by atoms with E-state index in [1.54, 1.807) is 45.6 Å². The molecule has 0 aromatic heterocycles. The summed E-state index contributed by atoms with van der Waals surface area (Å²) in [4.78, 5) is 16.1. The topological polar surface area (TPSA) is 124 Å². The van der Waals surface area contributed by atoms with E-state index >= 15 is 0 Å². The van der Waals surface area contributed by atoms with Gasteiger partial charge in [-0.3, -0.25) is 4.90 Å². The Kier molecular flexibility index (Phi) is 6.42. The molecule has 39 heavy (non-hydrogen) atoms. The summed E-state index contributed by atoms with van der Waals surface area (Å²) in [6, 6.07) is 6.97. The van der Waals surface area contributed by atoms with Crippen LogP contribution in [-0.4, -0.2) is 96.7 Å². The third-order valence-corrected chi connectivity index (χ3v) is 11.9. The number of carbonyl (C=O) groups is 1. The highest BCUT2D eigenvalue weighted by molar-refractivity contribution is 5.95. The van der Waals surface area contributed by atoms with E-state index in [1.165, 1.54) is 0 Å². The minimum atomic E-state index is -1.52. The molecule has 0 radical (unpaired) electrons. The van der Waals surface area contributed by atoms with Crippen molar-refractivity contribution < 1.29 is 34.0 Å². The highest BCUT2D eigenvalue weighted by Crippen LogP contribution is 2.75. The van der Waals surface area contributed by atoms with E-state index in [9.17, 15) is 15.0 Å². The molecule has 3 unspecified atom stereocenters. The zero-order valence-electron chi connectivity index (χ0n) is 23.8. The molecule has 0 amide bonds. The van der Waals surface area contributed by atoms with Gasteiger partial charge in [-0.05, 0) is 37.9 Å². The van der Waals surface area contributed by atoms with Crippen molar-refractivity contribution in [1.29, 1.82) is 0 Å². The lowest BCUT2D eigenvalue weighted by molar-refractivity contribution is -0.353. The fourth-order valence-corrected chi connectivity index (χ4v) is 10.5. The highest BCUT2D eigenvalue weighted by atomic mass is 16.6. The van der Waals surface area contributed by atoms with Crippen molar-refractivity contribution in [2.75, 3.05) is 40.2 Å². The van der Waals surface area contributed by atoms with Gasteiger partial charge in [-0.2, -0.15) is 0 Å². The fraction of sp³-hybridized carbons (Fsp3) is 0.767. The van der Waals surface area contributed by atoms with Crippen LogP contribution in [0.5, 0.6) is 0 Å². The number of likely N-dealkylation sites (N-methyl/N-ethyl adjacent to an activating group) is 1. The largest absolute Gasteiger partial charge is 0.454 e. The van der Waals surface area contributed by atoms with E-state index in [4.69, 9.17) is 24.7 Å². The van der Waals surface area contributed by atoms with E-state index in [2.05, 4.69) is 18.7 Å². The van der Waals surface area contributed by atoms with Crippen LogP contribution in [0.1, 0.15) is 56.3 Å². The molecule has 1 spiro atoms. The summed E-state index contributed by atoms with van der Waals surface area (Å²) >= 11 is 0. The van der Waals surface area contributed by atoms with Gasteiger partial charge >= 0.3 is 5.97 Å². The maximum absolute atomic E-state index is 13.7. The van der Waals surface area contributed by atoms with Crippen LogP contribution in [0.3, 0.4) is 0 Å². The molecule has 4 aliphatic carbocycles. The number of aliphatic hydroxyl groups is 2. The molecule has 9 nitrogen and oxygen atoms in total. The van der Waals surface area contributed by atoms with Crippen LogP contribution in [0.25, 0.3) is 0 Å². The van der Waals surface area contributed by atoms with Gasteiger partial charge in [0.25, 0.3) is 0 Å². The van der Waals surface area contributed by atoms with E-state index in [1.807, 2.05) is 0 Å². The smallest absolute Gasteiger partial charge is 0.340 e. The lowest BCUT2D eigenvalue weighted by atomic mass is 9.42. The summed E-state index contributed by atoms with van der Waals surface area (Å²) in [6.07, 6.45) is 1.78. The van der Waals surface area contributed by atoms with E-state index < -0.39 is 40.2 Å². The first-order valence-electron chi connectivity index (χ1n) is 14.4. The first kappa shape index (κ1) is 27.4. The number of rotatable bonds is 6. The Morgan fingerprint density at radius 1 is 1.10 bits per heavy atom. The van der Waals surface area contributed by atoms with Crippen molar-refractivity contribution in [3.63, 3.8) is 0 Å². The number of esters is 1. The van der Waals surface area contributed by atoms with Crippen molar-refractivity contribution >= 4 is 11.7 Å². The number of nitrogens with zero attached hydrogens (tertiary/aromatic N) is 1. The molecule has 1 aromatic carbocycles. The summed E-state index contributed by atoms with van der Waals surface area (Å²) in [5.41, 5.74) is 2.63. The molecule has 11 atom stereocenters. The molecule has 5 fully saturated rings. The van der Waals surface area contributed by atoms with Gasteiger partial charge in [0.15, 0.2) is 0 Å². The number of nitrogens with two attached hydrogens (primary N) is 1. The van der Waals surface area contributed by atoms with Crippen LogP contribution in [0, 0.1) is 23.2 Å². The molecule has 1 heterocycles. The number of hydrogen-bond donors (Lipinski definition) is 3. The van der Waals surface area contributed by atoms with E-state index in [0.29, 0.717) is 49.9 Å². The number of ether oxygens (including phenoxy) is 4. The average Bonchev–Trinajstić information content (AvgIpc) is 3.20. The standard InChI is InChI=1S/C30H44N2O7/c1-6-32-16-27(39-26(33)19-9-7-8-10-21(19)31)12-11-23(37-4)29-17(2)30(35)24(38-5)13-18(36-3)15-28(30,34)20(25(29)32)14-22(27)29/h7-10,17-18,20,22-25,34-35H,6,11-16,31H2,1-5H3/t17-,18+,20?,22+,23-,24-,25?,27+,28-,29?,30-/m0/s1. The maximum atomic E-state index is 13.7. The van der Waals surface area contributed by atoms with Crippen LogP contribution >= 0.6 is 0 Å². The van der Waals surface area contributed by atoms with Gasteiger partial charge in [-0.1, -0.05) is 26.0 Å². The van der Waals surface area contributed by atoms with Crippen LogP contribution < -0.4 is 5.73 Å². The molecule has 216 valence electrons. The minimum absolute atomic E-state index is 0.0419. The van der Waals surface area contributed by atoms with Crippen LogP contribution in [-0.2, 0) is 18.9 Å². The number of anilines is 1. The first-order valence-corrected chi connectivity index (χ1v) is 14.4. The van der Waals surface area contributed by atoms with Crippen molar-refractivity contribution in [2.45, 2.75) is 87.1 Å². The number of methoxy groups -OCH3 is 3. The predicted octanol–water partition coefficient (Wildman–Crippen LogP) is 2.24. The Morgan fingerprint density at radius 2 is 1.82 bits per heavy atom. The molecule has 6 rings (SSSR count). The van der Waals surface area contributed by atoms with Crippen molar-refractivity contribution in [2.24, 2.45) is 23.2 Å². The molecule has 4 N–H and O–H groups in total. The number of hydrogen-bond acceptors (Lipinski definition) is 9.